The zero-order valence-electron chi connectivity index (χ0n) is 26.6. The maximum Gasteiger partial charge on any atom is 0.282 e. The van der Waals surface area contributed by atoms with Crippen LogP contribution < -0.4 is 20.4 Å². The maximum atomic E-state index is 13.3. The van der Waals surface area contributed by atoms with Gasteiger partial charge in [0.15, 0.2) is 0 Å². The van der Waals surface area contributed by atoms with Gasteiger partial charge in [0.25, 0.3) is 5.92 Å². The molecule has 0 unspecified atom stereocenters. The fourth-order valence-corrected chi connectivity index (χ4v) is 8.05. The number of alkyl halides is 4. The van der Waals surface area contributed by atoms with Crippen molar-refractivity contribution < 1.29 is 27.2 Å². The van der Waals surface area contributed by atoms with Crippen molar-refractivity contribution >= 4 is 56.1 Å². The summed E-state index contributed by atoms with van der Waals surface area (Å²) < 4.78 is 52.4. The Kier molecular flexibility index (Phi) is 11.0. The number of anilines is 4. The van der Waals surface area contributed by atoms with Crippen molar-refractivity contribution in [2.45, 2.75) is 56.3 Å². The van der Waals surface area contributed by atoms with Crippen molar-refractivity contribution in [3.8, 4) is 0 Å². The van der Waals surface area contributed by atoms with E-state index in [1.807, 2.05) is 0 Å². The van der Waals surface area contributed by atoms with Gasteiger partial charge in [-0.25, -0.2) is 17.6 Å². The van der Waals surface area contributed by atoms with Crippen molar-refractivity contribution in [1.29, 1.82) is 0 Å². The van der Waals surface area contributed by atoms with E-state index in [2.05, 4.69) is 31.0 Å². The van der Waals surface area contributed by atoms with Gasteiger partial charge in [-0.3, -0.25) is 9.59 Å². The number of benzene rings is 2. The molecule has 3 heterocycles. The average Bonchev–Trinajstić information content (AvgIpc) is 3.74. The first-order valence-electron chi connectivity index (χ1n) is 16.1. The van der Waals surface area contributed by atoms with Gasteiger partial charge in [0, 0.05) is 36.3 Å². The molecule has 1 saturated carbocycles. The predicted octanol–water partition coefficient (Wildman–Crippen LogP) is 6.39. The standard InChI is InChI=1S/C33H36F4N8O2S2/c34-10-12-44(13-11-35)25-8-1-4-21(14-25)16-27(46)38-31-42-40-29(48-31)23-6-3-7-24(18-23)30-41-43-32(49-30)39-28(47)17-22-5-2-9-26(15-22)45-19-33(36,37)20-45/h1-2,4-5,8-9,14-15,23-24H,3,6-7,10-13,16-20H2,(H,38,42,46)(H,39,43,47)/t23-,24-/m0/s1. The summed E-state index contributed by atoms with van der Waals surface area (Å²) in [4.78, 5) is 28.8. The zero-order chi connectivity index (χ0) is 34.4. The lowest BCUT2D eigenvalue weighted by atomic mass is 9.82. The van der Waals surface area contributed by atoms with Gasteiger partial charge < -0.3 is 20.4 Å². The molecule has 2 aliphatic rings. The molecular formula is C33H36F4N8O2S2. The van der Waals surface area contributed by atoms with Crippen molar-refractivity contribution in [2.75, 3.05) is 60.0 Å². The van der Waals surface area contributed by atoms with Crippen LogP contribution in [-0.2, 0) is 22.4 Å². The Morgan fingerprint density at radius 2 is 1.37 bits per heavy atom. The molecule has 2 aromatic carbocycles. The van der Waals surface area contributed by atoms with Crippen molar-refractivity contribution in [2.24, 2.45) is 0 Å². The normalized spacial score (nSPS) is 18.5. The molecule has 6 rings (SSSR count). The molecule has 2 fully saturated rings. The van der Waals surface area contributed by atoms with Gasteiger partial charge >= 0.3 is 0 Å². The van der Waals surface area contributed by atoms with Crippen molar-refractivity contribution in [3.63, 3.8) is 0 Å². The minimum Gasteiger partial charge on any atom is -0.366 e. The largest absolute Gasteiger partial charge is 0.366 e. The summed E-state index contributed by atoms with van der Waals surface area (Å²) in [6.45, 7) is -1.68. The second-order valence-corrected chi connectivity index (χ2v) is 14.3. The van der Waals surface area contributed by atoms with Gasteiger partial charge in [-0.1, -0.05) is 53.4 Å². The fraction of sp³-hybridized carbons (Fsp3) is 0.455. The van der Waals surface area contributed by atoms with Crippen LogP contribution in [0.15, 0.2) is 48.5 Å². The number of halogens is 4. The molecule has 1 aliphatic heterocycles. The van der Waals surface area contributed by atoms with Crippen LogP contribution in [0.2, 0.25) is 0 Å². The summed E-state index contributed by atoms with van der Waals surface area (Å²) in [5.41, 5.74) is 2.77. The van der Waals surface area contributed by atoms with Gasteiger partial charge in [0.1, 0.15) is 23.4 Å². The number of aromatic nitrogens is 4. The number of nitrogens with zero attached hydrogens (tertiary/aromatic N) is 6. The third kappa shape index (κ3) is 9.09. The van der Waals surface area contributed by atoms with Gasteiger partial charge in [-0.15, -0.1) is 20.4 Å². The number of carbonyl (C=O) groups excluding carboxylic acids is 2. The Labute approximate surface area is 288 Å². The highest BCUT2D eigenvalue weighted by Gasteiger charge is 2.43. The molecule has 4 aromatic rings. The minimum atomic E-state index is -2.67. The Bertz CT molecular complexity index is 1740. The molecule has 2 aromatic heterocycles. The first-order chi connectivity index (χ1) is 23.7. The summed E-state index contributed by atoms with van der Waals surface area (Å²) in [5, 5.41) is 25.3. The highest BCUT2D eigenvalue weighted by Crippen LogP contribution is 2.43. The Balaban J connectivity index is 0.997. The second kappa shape index (κ2) is 15.6. The summed E-state index contributed by atoms with van der Waals surface area (Å²) >= 11 is 2.69. The van der Waals surface area contributed by atoms with E-state index in [4.69, 9.17) is 0 Å². The highest BCUT2D eigenvalue weighted by molar-refractivity contribution is 7.15. The molecule has 2 N–H and O–H groups in total. The zero-order valence-corrected chi connectivity index (χ0v) is 28.2. The molecular weight excluding hydrogens is 681 g/mol. The molecule has 1 aliphatic carbocycles. The quantitative estimate of drug-likeness (QED) is 0.144. The van der Waals surface area contributed by atoms with Crippen LogP contribution in [0.3, 0.4) is 0 Å². The van der Waals surface area contributed by atoms with Gasteiger partial charge in [-0.2, -0.15) is 0 Å². The van der Waals surface area contributed by atoms with Gasteiger partial charge in [0.05, 0.1) is 25.9 Å². The molecule has 260 valence electrons. The van der Waals surface area contributed by atoms with E-state index in [0.29, 0.717) is 21.6 Å². The van der Waals surface area contributed by atoms with Crippen LogP contribution in [0.1, 0.15) is 58.7 Å². The molecule has 2 amide bonds. The fourth-order valence-electron chi connectivity index (χ4n) is 6.23. The number of carbonyl (C=O) groups is 2. The van der Waals surface area contributed by atoms with E-state index in [0.717, 1.165) is 46.8 Å². The monoisotopic (exact) mass is 716 g/mol. The molecule has 0 radical (unpaired) electrons. The lowest BCUT2D eigenvalue weighted by molar-refractivity contribution is -0.116. The van der Waals surface area contributed by atoms with E-state index in [9.17, 15) is 27.2 Å². The van der Waals surface area contributed by atoms with E-state index in [-0.39, 0.29) is 62.7 Å². The smallest absolute Gasteiger partial charge is 0.282 e. The number of amides is 2. The molecule has 16 heteroatoms. The Morgan fingerprint density at radius 3 is 1.92 bits per heavy atom. The van der Waals surface area contributed by atoms with Crippen molar-refractivity contribution in [3.05, 3.63) is 69.7 Å². The van der Waals surface area contributed by atoms with Crippen LogP contribution in [0.4, 0.5) is 39.2 Å². The van der Waals surface area contributed by atoms with Crippen LogP contribution in [0.5, 0.6) is 0 Å². The number of rotatable bonds is 14. The molecule has 0 spiro atoms. The van der Waals surface area contributed by atoms with E-state index < -0.39 is 19.3 Å². The summed E-state index contributed by atoms with van der Waals surface area (Å²) in [7, 11) is 0. The SMILES string of the molecule is O=C(Cc1cccc(N(CCF)CCF)c1)Nc1nnc([C@H]2CCC[C@H](c3nnc(NC(=O)Cc4cccc(N5CC(F)(F)C5)c4)s3)C2)s1. The maximum absolute atomic E-state index is 13.3. The Hall–Kier alpha value is -4.18. The lowest BCUT2D eigenvalue weighted by Gasteiger charge is -2.40. The average molecular weight is 717 g/mol. The van der Waals surface area contributed by atoms with E-state index >= 15 is 0 Å². The summed E-state index contributed by atoms with van der Waals surface area (Å²) in [5.74, 6) is -2.92. The molecule has 2 atom stereocenters. The van der Waals surface area contributed by atoms with Crippen LogP contribution in [0.25, 0.3) is 0 Å². The van der Waals surface area contributed by atoms with Gasteiger partial charge in [-0.05, 0) is 54.7 Å². The van der Waals surface area contributed by atoms with E-state index in [1.165, 1.54) is 22.7 Å². The van der Waals surface area contributed by atoms with Crippen LogP contribution in [-0.4, -0.2) is 77.7 Å². The number of nitrogens with one attached hydrogen (secondary N) is 2. The first kappa shape index (κ1) is 34.7. The molecule has 10 nitrogen and oxygen atoms in total. The van der Waals surface area contributed by atoms with Crippen molar-refractivity contribution in [1.82, 2.24) is 20.4 Å². The topological polar surface area (TPSA) is 116 Å². The van der Waals surface area contributed by atoms with Crippen LogP contribution in [0, 0.1) is 0 Å². The summed E-state index contributed by atoms with van der Waals surface area (Å²) in [6, 6.07) is 14.2. The third-order valence-electron chi connectivity index (χ3n) is 8.58. The van der Waals surface area contributed by atoms with Gasteiger partial charge in [0.2, 0.25) is 22.1 Å². The summed E-state index contributed by atoms with van der Waals surface area (Å²) in [6.07, 6.45) is 3.76. The van der Waals surface area contributed by atoms with E-state index in [1.54, 1.807) is 58.3 Å². The molecule has 0 bridgehead atoms. The number of hydrogen-bond acceptors (Lipinski definition) is 10. The Morgan fingerprint density at radius 1 is 0.816 bits per heavy atom. The first-order valence-corrected chi connectivity index (χ1v) is 17.8. The third-order valence-corrected chi connectivity index (χ3v) is 10.6. The predicted molar refractivity (Wildman–Crippen MR) is 183 cm³/mol. The lowest BCUT2D eigenvalue weighted by Crippen LogP contribution is -2.56. The molecule has 1 saturated heterocycles. The second-order valence-electron chi connectivity index (χ2n) is 12.3. The minimum absolute atomic E-state index is 0.0791. The highest BCUT2D eigenvalue weighted by atomic mass is 32.1. The van der Waals surface area contributed by atoms with Crippen LogP contribution >= 0.6 is 22.7 Å². The molecule has 49 heavy (non-hydrogen) atoms. The number of hydrogen-bond donors (Lipinski definition) is 2.